The number of carbonyl (C=O) groups excluding carboxylic acids is 1. The molecule has 2 aromatic carbocycles. The molecule has 0 aliphatic heterocycles. The molecule has 0 atom stereocenters. The van der Waals surface area contributed by atoms with Crippen molar-refractivity contribution in [2.24, 2.45) is 7.05 Å². The predicted octanol–water partition coefficient (Wildman–Crippen LogP) is 4.17. The summed E-state index contributed by atoms with van der Waals surface area (Å²) in [7, 11) is 1.74. The molecule has 0 spiro atoms. The van der Waals surface area contributed by atoms with Gasteiger partial charge < -0.3 is 10.6 Å². The van der Waals surface area contributed by atoms with E-state index in [0.29, 0.717) is 33.9 Å². The molecule has 6 rings (SSSR count). The Labute approximate surface area is 197 Å². The first-order valence-corrected chi connectivity index (χ1v) is 10.7. The number of pyridine rings is 1. The second-order valence-corrected chi connectivity index (χ2v) is 7.90. The molecule has 3 N–H and O–H groups in total. The third-order valence-electron chi connectivity index (χ3n) is 5.56. The largest absolute Gasteiger partial charge is 0.336 e. The van der Waals surface area contributed by atoms with Crippen molar-refractivity contribution in [3.8, 4) is 5.82 Å². The molecule has 0 saturated heterocycles. The third kappa shape index (κ3) is 3.64. The van der Waals surface area contributed by atoms with Crippen LogP contribution in [0.4, 0.5) is 21.7 Å². The molecule has 0 aliphatic rings. The van der Waals surface area contributed by atoms with Gasteiger partial charge >= 0.3 is 0 Å². The van der Waals surface area contributed by atoms with Crippen molar-refractivity contribution in [3.05, 3.63) is 84.6 Å². The number of carbonyl (C=O) groups is 1. The average molecular weight is 467 g/mol. The van der Waals surface area contributed by atoms with E-state index in [1.54, 1.807) is 52.9 Å². The SMILES string of the molecule is Cn1cc(C(=O)Nc2cccc(-n3nc(Nc4ccc5[nH]ncc5c4F)c4ccccc43)n2)cn1. The summed E-state index contributed by atoms with van der Waals surface area (Å²) in [6.45, 7) is 0. The fourth-order valence-electron chi connectivity index (χ4n) is 3.88. The normalized spacial score (nSPS) is 11.3. The number of benzene rings is 2. The van der Waals surface area contributed by atoms with E-state index in [1.807, 2.05) is 24.3 Å². The first-order chi connectivity index (χ1) is 17.1. The number of hydrogen-bond donors (Lipinski definition) is 3. The Hall–Kier alpha value is -5.06. The highest BCUT2D eigenvalue weighted by atomic mass is 19.1. The summed E-state index contributed by atoms with van der Waals surface area (Å²) in [5.41, 5.74) is 2.08. The standard InChI is InChI=1S/C24H18FN9O/c1-33-13-14(11-27-33)24(35)30-20-7-4-8-21(29-20)34-19-6-3-2-5-15(19)23(32-34)28-18-10-9-17-16(22(18)25)12-26-31-17/h2-13H,1H3,(H,26,31)(H,28,32)(H,29,30,35). The summed E-state index contributed by atoms with van der Waals surface area (Å²) >= 11 is 0. The lowest BCUT2D eigenvalue weighted by atomic mass is 10.2. The Bertz CT molecular complexity index is 1710. The van der Waals surface area contributed by atoms with Crippen molar-refractivity contribution in [3.63, 3.8) is 0 Å². The van der Waals surface area contributed by atoms with E-state index in [9.17, 15) is 4.79 Å². The number of anilines is 3. The molecule has 0 aliphatic carbocycles. The molecule has 4 heterocycles. The van der Waals surface area contributed by atoms with Crippen LogP contribution in [0.15, 0.2) is 73.2 Å². The zero-order valence-corrected chi connectivity index (χ0v) is 18.4. The first kappa shape index (κ1) is 20.5. The van der Waals surface area contributed by atoms with Gasteiger partial charge in [0, 0.05) is 18.6 Å². The van der Waals surface area contributed by atoms with E-state index in [1.165, 1.54) is 12.4 Å². The number of fused-ring (bicyclic) bond motifs is 2. The summed E-state index contributed by atoms with van der Waals surface area (Å²) in [5.74, 6) is 0.577. The van der Waals surface area contributed by atoms with Gasteiger partial charge in [-0.25, -0.2) is 14.1 Å². The molecule has 10 nitrogen and oxygen atoms in total. The fourth-order valence-corrected chi connectivity index (χ4v) is 3.88. The van der Waals surface area contributed by atoms with Gasteiger partial charge in [0.1, 0.15) is 5.82 Å². The summed E-state index contributed by atoms with van der Waals surface area (Å²) in [5, 5.41) is 22.4. The quantitative estimate of drug-likeness (QED) is 0.350. The van der Waals surface area contributed by atoms with Gasteiger partial charge in [0.05, 0.1) is 40.1 Å². The lowest BCUT2D eigenvalue weighted by Crippen LogP contribution is -2.13. The van der Waals surface area contributed by atoms with Gasteiger partial charge in [0.25, 0.3) is 5.91 Å². The molecule has 0 unspecified atom stereocenters. The summed E-state index contributed by atoms with van der Waals surface area (Å²) in [6.07, 6.45) is 4.55. The monoisotopic (exact) mass is 467 g/mol. The van der Waals surface area contributed by atoms with E-state index < -0.39 is 5.82 Å². The Kier molecular flexibility index (Phi) is 4.73. The van der Waals surface area contributed by atoms with Crippen LogP contribution >= 0.6 is 0 Å². The maximum Gasteiger partial charge on any atom is 0.260 e. The molecule has 0 bridgehead atoms. The molecule has 0 radical (unpaired) electrons. The van der Waals surface area contributed by atoms with Crippen molar-refractivity contribution in [1.82, 2.24) is 34.7 Å². The number of halogens is 1. The highest BCUT2D eigenvalue weighted by Crippen LogP contribution is 2.31. The van der Waals surface area contributed by atoms with Crippen molar-refractivity contribution >= 4 is 45.0 Å². The number of aryl methyl sites for hydroxylation is 1. The maximum atomic E-state index is 15.0. The number of para-hydroxylation sites is 1. The highest BCUT2D eigenvalue weighted by Gasteiger charge is 2.16. The minimum atomic E-state index is -0.423. The van der Waals surface area contributed by atoms with Crippen LogP contribution in [-0.4, -0.2) is 40.6 Å². The summed E-state index contributed by atoms with van der Waals surface area (Å²) in [4.78, 5) is 17.1. The van der Waals surface area contributed by atoms with Crippen LogP contribution in [0.3, 0.4) is 0 Å². The maximum absolute atomic E-state index is 15.0. The van der Waals surface area contributed by atoms with Gasteiger partial charge in [-0.3, -0.25) is 14.6 Å². The number of aromatic amines is 1. The minimum Gasteiger partial charge on any atom is -0.336 e. The molecule has 11 heteroatoms. The van der Waals surface area contributed by atoms with Crippen LogP contribution in [0.25, 0.3) is 27.6 Å². The average Bonchev–Trinajstić information content (AvgIpc) is 3.60. The zero-order chi connectivity index (χ0) is 23.9. The molecule has 1 amide bonds. The topological polar surface area (TPSA) is 118 Å². The molecule has 0 saturated carbocycles. The number of rotatable bonds is 5. The molecule has 6 aromatic rings. The predicted molar refractivity (Wildman–Crippen MR) is 129 cm³/mol. The Morgan fingerprint density at radius 2 is 1.91 bits per heavy atom. The third-order valence-corrected chi connectivity index (χ3v) is 5.56. The number of nitrogens with zero attached hydrogens (tertiary/aromatic N) is 6. The Morgan fingerprint density at radius 1 is 1.03 bits per heavy atom. The molecule has 4 aromatic heterocycles. The minimum absolute atomic E-state index is 0.278. The van der Waals surface area contributed by atoms with Gasteiger partial charge in [-0.05, 0) is 36.4 Å². The van der Waals surface area contributed by atoms with Crippen LogP contribution in [-0.2, 0) is 7.05 Å². The van der Waals surface area contributed by atoms with E-state index in [4.69, 9.17) is 0 Å². The smallest absolute Gasteiger partial charge is 0.260 e. The Morgan fingerprint density at radius 3 is 2.77 bits per heavy atom. The van der Waals surface area contributed by atoms with E-state index in [0.717, 1.165) is 10.9 Å². The van der Waals surface area contributed by atoms with Crippen LogP contribution in [0.2, 0.25) is 0 Å². The van der Waals surface area contributed by atoms with Crippen LogP contribution in [0.1, 0.15) is 10.4 Å². The number of amides is 1. The van der Waals surface area contributed by atoms with Crippen molar-refractivity contribution in [2.45, 2.75) is 0 Å². The molecular weight excluding hydrogens is 449 g/mol. The van der Waals surface area contributed by atoms with Crippen molar-refractivity contribution < 1.29 is 9.18 Å². The van der Waals surface area contributed by atoms with Crippen LogP contribution in [0.5, 0.6) is 0 Å². The van der Waals surface area contributed by atoms with Crippen molar-refractivity contribution in [2.75, 3.05) is 10.6 Å². The Balaban J connectivity index is 1.36. The van der Waals surface area contributed by atoms with E-state index >= 15 is 4.39 Å². The molecule has 35 heavy (non-hydrogen) atoms. The molecule has 0 fully saturated rings. The number of hydrogen-bond acceptors (Lipinski definition) is 6. The molecular formula is C24H18FN9O. The zero-order valence-electron chi connectivity index (χ0n) is 18.4. The van der Waals surface area contributed by atoms with Gasteiger partial charge in [-0.1, -0.05) is 18.2 Å². The number of aromatic nitrogens is 7. The van der Waals surface area contributed by atoms with Crippen LogP contribution in [0, 0.1) is 5.82 Å². The van der Waals surface area contributed by atoms with Gasteiger partial charge in [-0.15, -0.1) is 5.10 Å². The summed E-state index contributed by atoms with van der Waals surface area (Å²) in [6, 6.07) is 16.2. The van der Waals surface area contributed by atoms with E-state index in [-0.39, 0.29) is 11.6 Å². The number of H-pyrrole nitrogens is 1. The lowest BCUT2D eigenvalue weighted by molar-refractivity contribution is 0.102. The number of nitrogens with one attached hydrogen (secondary N) is 3. The van der Waals surface area contributed by atoms with Gasteiger partial charge in [-0.2, -0.15) is 10.2 Å². The van der Waals surface area contributed by atoms with Crippen molar-refractivity contribution in [1.29, 1.82) is 0 Å². The van der Waals surface area contributed by atoms with Gasteiger partial charge in [0.2, 0.25) is 0 Å². The highest BCUT2D eigenvalue weighted by molar-refractivity contribution is 6.03. The van der Waals surface area contributed by atoms with Gasteiger partial charge in [0.15, 0.2) is 17.5 Å². The lowest BCUT2D eigenvalue weighted by Gasteiger charge is -2.07. The molecule has 172 valence electrons. The van der Waals surface area contributed by atoms with E-state index in [2.05, 4.69) is 36.0 Å². The fraction of sp³-hybridized carbons (Fsp3) is 0.0417. The first-order valence-electron chi connectivity index (χ1n) is 10.7. The second-order valence-electron chi connectivity index (χ2n) is 7.90. The summed E-state index contributed by atoms with van der Waals surface area (Å²) < 4.78 is 18.2. The second kappa shape index (κ2) is 8.06. The van der Waals surface area contributed by atoms with Crippen LogP contribution < -0.4 is 10.6 Å².